The van der Waals surface area contributed by atoms with Gasteiger partial charge in [0.25, 0.3) is 0 Å². The highest BCUT2D eigenvalue weighted by molar-refractivity contribution is 5.46. The maximum Gasteiger partial charge on any atom is 0.416 e. The molecule has 2 atom stereocenters. The number of β-amino-alcohol motifs (C(OH)–C–C–N with tert-alkyl or cyclic N) is 1. The lowest BCUT2D eigenvalue weighted by atomic mass is 9.97. The molecule has 1 fully saturated rings. The normalized spacial score (nSPS) is 22.1. The zero-order valence-electron chi connectivity index (χ0n) is 11.7. The van der Waals surface area contributed by atoms with Crippen LogP contribution in [0.1, 0.15) is 23.6 Å². The van der Waals surface area contributed by atoms with Crippen LogP contribution >= 0.6 is 0 Å². The van der Waals surface area contributed by atoms with Crippen molar-refractivity contribution >= 4 is 5.82 Å². The Balaban J connectivity index is 2.03. The van der Waals surface area contributed by atoms with Gasteiger partial charge in [-0.1, -0.05) is 24.3 Å². The predicted molar refractivity (Wildman–Crippen MR) is 76.4 cm³/mol. The highest BCUT2D eigenvalue weighted by Crippen LogP contribution is 2.41. The van der Waals surface area contributed by atoms with Crippen LogP contribution in [-0.4, -0.2) is 22.7 Å². The Labute approximate surface area is 126 Å². The molecule has 3 nitrogen and oxygen atoms in total. The number of hydrogen-bond acceptors (Lipinski definition) is 3. The highest BCUT2D eigenvalue weighted by atomic mass is 19.4. The Hall–Kier alpha value is -2.08. The first-order valence-electron chi connectivity index (χ1n) is 6.98. The molecule has 0 saturated carbocycles. The number of halogens is 3. The van der Waals surface area contributed by atoms with Gasteiger partial charge in [0.15, 0.2) is 0 Å². The highest BCUT2D eigenvalue weighted by Gasteiger charge is 2.40. The van der Waals surface area contributed by atoms with Crippen molar-refractivity contribution < 1.29 is 18.3 Å². The number of rotatable bonds is 2. The van der Waals surface area contributed by atoms with Gasteiger partial charge in [0.1, 0.15) is 5.82 Å². The van der Waals surface area contributed by atoms with Crippen molar-refractivity contribution in [1.82, 2.24) is 4.98 Å². The van der Waals surface area contributed by atoms with Gasteiger partial charge in [-0.2, -0.15) is 13.2 Å². The van der Waals surface area contributed by atoms with Gasteiger partial charge in [-0.3, -0.25) is 0 Å². The molecular weight excluding hydrogens is 293 g/mol. The van der Waals surface area contributed by atoms with Crippen molar-refractivity contribution in [1.29, 1.82) is 0 Å². The summed E-state index contributed by atoms with van der Waals surface area (Å²) < 4.78 is 39.7. The molecule has 0 radical (unpaired) electrons. The summed E-state index contributed by atoms with van der Waals surface area (Å²) in [5.74, 6) is 0.570. The summed E-state index contributed by atoms with van der Waals surface area (Å²) in [6, 6.07) is 10.2. The lowest BCUT2D eigenvalue weighted by Gasteiger charge is -2.27. The largest absolute Gasteiger partial charge is 0.416 e. The van der Waals surface area contributed by atoms with Crippen molar-refractivity contribution in [2.75, 3.05) is 11.4 Å². The summed E-state index contributed by atoms with van der Waals surface area (Å²) in [5.41, 5.74) is -0.479. The minimum atomic E-state index is -4.42. The number of aromatic nitrogens is 1. The van der Waals surface area contributed by atoms with Crippen molar-refractivity contribution in [3.63, 3.8) is 0 Å². The van der Waals surface area contributed by atoms with Gasteiger partial charge in [0.05, 0.1) is 17.7 Å². The van der Waals surface area contributed by atoms with Gasteiger partial charge >= 0.3 is 6.18 Å². The Morgan fingerprint density at radius 1 is 1.09 bits per heavy atom. The Morgan fingerprint density at radius 2 is 1.82 bits per heavy atom. The molecule has 116 valence electrons. The summed E-state index contributed by atoms with van der Waals surface area (Å²) in [6.07, 6.45) is -3.25. The molecule has 2 aromatic rings. The van der Waals surface area contributed by atoms with Crippen LogP contribution in [0.25, 0.3) is 0 Å². The van der Waals surface area contributed by atoms with E-state index >= 15 is 0 Å². The van der Waals surface area contributed by atoms with Crippen LogP contribution in [0.2, 0.25) is 0 Å². The maximum atomic E-state index is 13.2. The average Bonchev–Trinajstić information content (AvgIpc) is 2.89. The van der Waals surface area contributed by atoms with E-state index in [9.17, 15) is 18.3 Å². The zero-order valence-corrected chi connectivity index (χ0v) is 11.7. The van der Waals surface area contributed by atoms with Gasteiger partial charge in [-0.15, -0.1) is 0 Å². The summed E-state index contributed by atoms with van der Waals surface area (Å²) in [6.45, 7) is 0.272. The number of benzene rings is 1. The van der Waals surface area contributed by atoms with Crippen LogP contribution in [-0.2, 0) is 6.18 Å². The second-order valence-corrected chi connectivity index (χ2v) is 5.33. The third-order valence-electron chi connectivity index (χ3n) is 3.85. The fraction of sp³-hybridized carbons (Fsp3) is 0.312. The molecule has 1 aliphatic rings. The lowest BCUT2D eigenvalue weighted by Crippen LogP contribution is -2.26. The zero-order chi connectivity index (χ0) is 15.7. The topological polar surface area (TPSA) is 36.4 Å². The Bertz CT molecular complexity index is 645. The smallest absolute Gasteiger partial charge is 0.391 e. The molecule has 3 rings (SSSR count). The Kier molecular flexibility index (Phi) is 3.78. The van der Waals surface area contributed by atoms with Crippen LogP contribution in [0.5, 0.6) is 0 Å². The third kappa shape index (κ3) is 2.78. The molecule has 2 heterocycles. The summed E-state index contributed by atoms with van der Waals surface area (Å²) in [7, 11) is 0. The number of nitrogens with zero attached hydrogens (tertiary/aromatic N) is 2. The van der Waals surface area contributed by atoms with Gasteiger partial charge in [-0.05, 0) is 30.2 Å². The minimum absolute atomic E-state index is 0.178. The van der Waals surface area contributed by atoms with E-state index in [4.69, 9.17) is 0 Å². The first kappa shape index (κ1) is 14.8. The number of aliphatic hydroxyl groups excluding tert-OH is 1. The molecule has 0 aliphatic carbocycles. The fourth-order valence-electron chi connectivity index (χ4n) is 2.93. The monoisotopic (exact) mass is 308 g/mol. The standard InChI is InChI=1S/C16H15F3N2O/c17-16(18,19)13-6-2-1-5-12(13)14-9-11(22)10-21(14)15-7-3-4-8-20-15/h1-8,11,14,22H,9-10H2/t11-,14-/m0/s1. The van der Waals surface area contributed by atoms with Crippen molar-refractivity contribution in [3.8, 4) is 0 Å². The quantitative estimate of drug-likeness (QED) is 0.923. The number of anilines is 1. The van der Waals surface area contributed by atoms with E-state index in [1.165, 1.54) is 12.1 Å². The molecule has 1 saturated heterocycles. The molecule has 0 spiro atoms. The molecule has 0 unspecified atom stereocenters. The van der Waals surface area contributed by atoms with Crippen molar-refractivity contribution in [3.05, 3.63) is 59.8 Å². The molecule has 6 heteroatoms. The minimum Gasteiger partial charge on any atom is -0.391 e. The molecular formula is C16H15F3N2O. The first-order chi connectivity index (χ1) is 10.5. The number of hydrogen-bond donors (Lipinski definition) is 1. The fourth-order valence-corrected chi connectivity index (χ4v) is 2.93. The van der Waals surface area contributed by atoms with E-state index in [2.05, 4.69) is 4.98 Å². The summed E-state index contributed by atoms with van der Waals surface area (Å²) >= 11 is 0. The van der Waals surface area contributed by atoms with E-state index in [1.807, 2.05) is 0 Å². The lowest BCUT2D eigenvalue weighted by molar-refractivity contribution is -0.138. The van der Waals surface area contributed by atoms with Crippen molar-refractivity contribution in [2.24, 2.45) is 0 Å². The number of alkyl halides is 3. The van der Waals surface area contributed by atoms with Crippen LogP contribution in [0.3, 0.4) is 0 Å². The van der Waals surface area contributed by atoms with E-state index in [-0.39, 0.29) is 18.5 Å². The molecule has 1 aromatic carbocycles. The van der Waals surface area contributed by atoms with Gasteiger partial charge in [0, 0.05) is 12.7 Å². The molecule has 1 aliphatic heterocycles. The van der Waals surface area contributed by atoms with E-state index in [0.717, 1.165) is 6.07 Å². The molecule has 1 N–H and O–H groups in total. The SMILES string of the molecule is O[C@H]1C[C@@H](c2ccccc2C(F)(F)F)N(c2ccccn2)C1. The second-order valence-electron chi connectivity index (χ2n) is 5.33. The molecule has 0 bridgehead atoms. The Morgan fingerprint density at radius 3 is 2.50 bits per heavy atom. The molecule has 1 aromatic heterocycles. The number of pyridine rings is 1. The third-order valence-corrected chi connectivity index (χ3v) is 3.85. The van der Waals surface area contributed by atoms with Crippen LogP contribution < -0.4 is 4.90 Å². The van der Waals surface area contributed by atoms with Crippen LogP contribution in [0, 0.1) is 0 Å². The van der Waals surface area contributed by atoms with Gasteiger partial charge in [-0.25, -0.2) is 4.98 Å². The van der Waals surface area contributed by atoms with Crippen LogP contribution in [0.4, 0.5) is 19.0 Å². The van der Waals surface area contributed by atoms with E-state index < -0.39 is 23.9 Å². The van der Waals surface area contributed by atoms with Crippen LogP contribution in [0.15, 0.2) is 48.7 Å². The number of aliphatic hydroxyl groups is 1. The maximum absolute atomic E-state index is 13.2. The molecule has 0 amide bonds. The summed E-state index contributed by atoms with van der Waals surface area (Å²) in [4.78, 5) is 5.93. The summed E-state index contributed by atoms with van der Waals surface area (Å²) in [5, 5.41) is 9.94. The van der Waals surface area contributed by atoms with E-state index in [1.54, 1.807) is 35.4 Å². The van der Waals surface area contributed by atoms with Crippen molar-refractivity contribution in [2.45, 2.75) is 24.7 Å². The van der Waals surface area contributed by atoms with E-state index in [0.29, 0.717) is 5.82 Å². The van der Waals surface area contributed by atoms with Gasteiger partial charge < -0.3 is 10.0 Å². The molecule has 22 heavy (non-hydrogen) atoms. The predicted octanol–water partition coefficient (Wildman–Crippen LogP) is 3.41. The average molecular weight is 308 g/mol. The first-order valence-corrected chi connectivity index (χ1v) is 6.98. The second kappa shape index (κ2) is 5.61. The van der Waals surface area contributed by atoms with Gasteiger partial charge in [0.2, 0.25) is 0 Å².